The second-order valence-electron chi connectivity index (χ2n) is 9.19. The van der Waals surface area contributed by atoms with E-state index in [-0.39, 0.29) is 30.6 Å². The summed E-state index contributed by atoms with van der Waals surface area (Å²) in [6, 6.07) is 7.10. The Hall–Kier alpha value is -2.65. The Morgan fingerprint density at radius 2 is 1.32 bits per heavy atom. The van der Waals surface area contributed by atoms with Gasteiger partial charge in [0.1, 0.15) is 18.7 Å². The van der Waals surface area contributed by atoms with Gasteiger partial charge in [-0.25, -0.2) is 4.79 Å². The van der Waals surface area contributed by atoms with Gasteiger partial charge in [-0.05, 0) is 53.0 Å². The molecule has 3 N–H and O–H groups in total. The summed E-state index contributed by atoms with van der Waals surface area (Å²) in [5, 5.41) is 8.08. The van der Waals surface area contributed by atoms with Gasteiger partial charge in [-0.1, -0.05) is 44.2 Å². The fourth-order valence-electron chi connectivity index (χ4n) is 3.02. The molecule has 0 aliphatic rings. The van der Waals surface area contributed by atoms with Gasteiger partial charge in [-0.2, -0.15) is 0 Å². The molecule has 9 nitrogen and oxygen atoms in total. The van der Waals surface area contributed by atoms with Crippen LogP contribution >= 0.6 is 0 Å². The minimum atomic E-state index is -0.864. The van der Waals surface area contributed by atoms with Crippen LogP contribution < -0.4 is 16.0 Å². The van der Waals surface area contributed by atoms with E-state index in [1.165, 1.54) is 0 Å². The first kappa shape index (κ1) is 29.4. The zero-order valence-corrected chi connectivity index (χ0v) is 21.6. The van der Waals surface area contributed by atoms with E-state index >= 15 is 0 Å². The Balaban J connectivity index is 2.64. The van der Waals surface area contributed by atoms with Gasteiger partial charge >= 0.3 is 6.09 Å². The Kier molecular flexibility index (Phi) is 12.6. The van der Waals surface area contributed by atoms with Crippen LogP contribution in [0.3, 0.4) is 0 Å². The fraction of sp³-hybridized carbons (Fsp3) is 0.640. The largest absolute Gasteiger partial charge is 0.445 e. The van der Waals surface area contributed by atoms with Crippen molar-refractivity contribution >= 4 is 17.9 Å². The van der Waals surface area contributed by atoms with Gasteiger partial charge in [0, 0.05) is 0 Å². The van der Waals surface area contributed by atoms with Crippen LogP contribution in [0.4, 0.5) is 4.79 Å². The Labute approximate surface area is 203 Å². The minimum Gasteiger partial charge on any atom is -0.445 e. The van der Waals surface area contributed by atoms with E-state index < -0.39 is 36.4 Å². The van der Waals surface area contributed by atoms with Crippen molar-refractivity contribution in [3.63, 3.8) is 0 Å². The number of carbonyl (C=O) groups excluding carboxylic acids is 3. The number of carbonyl (C=O) groups is 3. The third kappa shape index (κ3) is 11.0. The summed E-state index contributed by atoms with van der Waals surface area (Å²) in [5.41, 5.74) is 0.837. The van der Waals surface area contributed by atoms with Gasteiger partial charge in [0.05, 0.1) is 18.2 Å². The molecule has 34 heavy (non-hydrogen) atoms. The van der Waals surface area contributed by atoms with Crippen molar-refractivity contribution < 1.29 is 28.6 Å². The van der Waals surface area contributed by atoms with Gasteiger partial charge in [0.2, 0.25) is 11.8 Å². The molecule has 1 unspecified atom stereocenters. The van der Waals surface area contributed by atoms with Crippen LogP contribution in [0.5, 0.6) is 0 Å². The number of rotatable bonds is 13. The van der Waals surface area contributed by atoms with Crippen molar-refractivity contribution in [2.24, 2.45) is 5.92 Å². The lowest BCUT2D eigenvalue weighted by Gasteiger charge is -2.30. The Bertz CT molecular complexity index is 759. The average Bonchev–Trinajstić information content (AvgIpc) is 2.75. The van der Waals surface area contributed by atoms with Crippen LogP contribution in [0.2, 0.25) is 0 Å². The smallest absolute Gasteiger partial charge is 0.408 e. The summed E-state index contributed by atoms with van der Waals surface area (Å²) in [5.74, 6) is -1.09. The van der Waals surface area contributed by atoms with Gasteiger partial charge in [0.25, 0.3) is 0 Å². The third-order valence-corrected chi connectivity index (χ3v) is 4.78. The molecule has 0 saturated carbocycles. The lowest BCUT2D eigenvalue weighted by molar-refractivity contribution is -0.194. The molecule has 3 atom stereocenters. The number of hydrogen-bond acceptors (Lipinski definition) is 6. The van der Waals surface area contributed by atoms with E-state index in [9.17, 15) is 14.4 Å². The molecule has 0 fully saturated rings. The van der Waals surface area contributed by atoms with E-state index in [4.69, 9.17) is 14.2 Å². The summed E-state index contributed by atoms with van der Waals surface area (Å²) in [6.45, 7) is 14.6. The van der Waals surface area contributed by atoms with Crippen LogP contribution in [0.1, 0.15) is 61.0 Å². The predicted molar refractivity (Wildman–Crippen MR) is 130 cm³/mol. The van der Waals surface area contributed by atoms with E-state index in [0.29, 0.717) is 0 Å². The molecular formula is C25H41N3O6. The molecule has 3 amide bonds. The number of benzene rings is 1. The molecule has 1 aromatic carbocycles. The first-order valence-electron chi connectivity index (χ1n) is 11.8. The van der Waals surface area contributed by atoms with E-state index in [1.807, 2.05) is 58.0 Å². The lowest BCUT2D eigenvalue weighted by Crippen LogP contribution is -2.56. The molecule has 1 rings (SSSR count). The quantitative estimate of drug-likeness (QED) is 0.375. The van der Waals surface area contributed by atoms with E-state index in [1.54, 1.807) is 27.7 Å². The zero-order valence-electron chi connectivity index (χ0n) is 21.6. The summed E-state index contributed by atoms with van der Waals surface area (Å²) < 4.78 is 16.8. The minimum absolute atomic E-state index is 0.0836. The van der Waals surface area contributed by atoms with E-state index in [0.717, 1.165) is 5.56 Å². The van der Waals surface area contributed by atoms with Gasteiger partial charge < -0.3 is 30.2 Å². The number of nitrogens with one attached hydrogen (secondary N) is 3. The molecule has 192 valence electrons. The van der Waals surface area contributed by atoms with Gasteiger partial charge in [-0.3, -0.25) is 9.59 Å². The first-order valence-corrected chi connectivity index (χ1v) is 11.8. The maximum Gasteiger partial charge on any atom is 0.408 e. The highest BCUT2D eigenvalue weighted by atomic mass is 16.7. The molecule has 0 radical (unpaired) electrons. The van der Waals surface area contributed by atoms with Crippen LogP contribution in [0.15, 0.2) is 30.3 Å². The van der Waals surface area contributed by atoms with Gasteiger partial charge in [-0.15, -0.1) is 0 Å². The van der Waals surface area contributed by atoms with Crippen LogP contribution in [-0.4, -0.2) is 54.5 Å². The summed E-state index contributed by atoms with van der Waals surface area (Å²) in [6.07, 6.45) is -1.50. The number of alkyl carbamates (subject to hydrolysis) is 1. The highest BCUT2D eigenvalue weighted by Crippen LogP contribution is 2.09. The highest BCUT2D eigenvalue weighted by molar-refractivity contribution is 5.91. The third-order valence-electron chi connectivity index (χ3n) is 4.78. The second kappa shape index (κ2) is 14.6. The molecule has 0 saturated heterocycles. The highest BCUT2D eigenvalue weighted by Gasteiger charge is 2.29. The SMILES string of the molecule is CC(C)OC(OC(C)C)C(C)NC(=O)[C@H](C)NC(=O)[C@@H](NC(=O)OCc1ccccc1)C(C)C. The molecule has 1 aromatic rings. The standard InChI is InChI=1S/C25H41N3O6/c1-15(2)21(28-25(31)32-14-20-12-10-9-11-13-20)23(30)26-18(7)22(29)27-19(8)24(33-16(3)4)34-17(5)6/h9-13,15-19,21,24H,14H2,1-8H3,(H,26,30)(H,27,29)(H,28,31)/t18-,19?,21-/m0/s1. The van der Waals surface area contributed by atoms with Crippen molar-refractivity contribution in [1.29, 1.82) is 0 Å². The van der Waals surface area contributed by atoms with Crippen LogP contribution in [-0.2, 0) is 30.4 Å². The van der Waals surface area contributed by atoms with Crippen LogP contribution in [0.25, 0.3) is 0 Å². The lowest BCUT2D eigenvalue weighted by atomic mass is 10.0. The van der Waals surface area contributed by atoms with Crippen molar-refractivity contribution in [3.8, 4) is 0 Å². The number of hydrogen-bond donors (Lipinski definition) is 3. The molecule has 0 bridgehead atoms. The summed E-state index contributed by atoms with van der Waals surface area (Å²) in [4.78, 5) is 37.7. The van der Waals surface area contributed by atoms with Crippen molar-refractivity contribution in [2.75, 3.05) is 0 Å². The normalized spacial score (nSPS) is 14.1. The molecule has 0 aliphatic carbocycles. The predicted octanol–water partition coefficient (Wildman–Crippen LogP) is 3.12. The topological polar surface area (TPSA) is 115 Å². The maximum atomic E-state index is 12.8. The van der Waals surface area contributed by atoms with Crippen molar-refractivity contribution in [3.05, 3.63) is 35.9 Å². The summed E-state index contributed by atoms with van der Waals surface area (Å²) >= 11 is 0. The Morgan fingerprint density at radius 3 is 1.82 bits per heavy atom. The van der Waals surface area contributed by atoms with Crippen molar-refractivity contribution in [1.82, 2.24) is 16.0 Å². The Morgan fingerprint density at radius 1 is 0.765 bits per heavy atom. The second-order valence-corrected chi connectivity index (χ2v) is 9.19. The molecule has 0 spiro atoms. The maximum absolute atomic E-state index is 12.8. The average molecular weight is 480 g/mol. The van der Waals surface area contributed by atoms with Gasteiger partial charge in [0.15, 0.2) is 6.29 Å². The molecular weight excluding hydrogens is 438 g/mol. The van der Waals surface area contributed by atoms with E-state index in [2.05, 4.69) is 16.0 Å². The fourth-order valence-corrected chi connectivity index (χ4v) is 3.02. The first-order chi connectivity index (χ1) is 15.9. The number of ether oxygens (including phenoxy) is 3. The van der Waals surface area contributed by atoms with Crippen molar-refractivity contribution in [2.45, 2.75) is 98.6 Å². The van der Waals surface area contributed by atoms with Crippen LogP contribution in [0, 0.1) is 5.92 Å². The monoisotopic (exact) mass is 479 g/mol. The molecule has 9 heteroatoms. The zero-order chi connectivity index (χ0) is 25.8. The molecule has 0 aromatic heterocycles. The molecule has 0 heterocycles. The summed E-state index contributed by atoms with van der Waals surface area (Å²) in [7, 11) is 0. The number of amides is 3. The molecule has 0 aliphatic heterocycles.